The number of carbonyl (C=O) groups excluding carboxylic acids is 2. The maximum atomic E-state index is 12.0. The van der Waals surface area contributed by atoms with Crippen LogP contribution in [0, 0.1) is 0 Å². The summed E-state index contributed by atoms with van der Waals surface area (Å²) in [6.07, 6.45) is 4.80. The van der Waals surface area contributed by atoms with Crippen LogP contribution in [0.1, 0.15) is 44.6 Å². The lowest BCUT2D eigenvalue weighted by Crippen LogP contribution is -2.13. The number of hydrogen-bond donors (Lipinski definition) is 2. The third-order valence-electron chi connectivity index (χ3n) is 3.94. The Labute approximate surface area is 149 Å². The highest BCUT2D eigenvalue weighted by Gasteiger charge is 2.05. The first kappa shape index (κ1) is 18.7. The lowest BCUT2D eigenvalue weighted by atomic mass is 10.1. The molecule has 2 aromatic rings. The number of aryl methyl sites for hydroxylation is 1. The molecule has 0 heterocycles. The van der Waals surface area contributed by atoms with Crippen LogP contribution in [-0.2, 0) is 16.0 Å². The smallest absolute Gasteiger partial charge is 0.224 e. The van der Waals surface area contributed by atoms with Gasteiger partial charge in [-0.05, 0) is 42.7 Å². The van der Waals surface area contributed by atoms with Crippen molar-refractivity contribution >= 4 is 23.2 Å². The Morgan fingerprint density at radius 3 is 1.88 bits per heavy atom. The Morgan fingerprint density at radius 2 is 1.32 bits per heavy atom. The van der Waals surface area contributed by atoms with Crippen molar-refractivity contribution in [3.8, 4) is 0 Å². The van der Waals surface area contributed by atoms with Crippen LogP contribution in [0.25, 0.3) is 0 Å². The van der Waals surface area contributed by atoms with Gasteiger partial charge in [-0.15, -0.1) is 0 Å². The minimum absolute atomic E-state index is 0.0137. The molecule has 4 nitrogen and oxygen atoms in total. The largest absolute Gasteiger partial charge is 0.326 e. The van der Waals surface area contributed by atoms with Gasteiger partial charge in [-0.25, -0.2) is 0 Å². The molecule has 0 saturated heterocycles. The van der Waals surface area contributed by atoms with Crippen molar-refractivity contribution in [2.24, 2.45) is 0 Å². The van der Waals surface area contributed by atoms with Crippen LogP contribution in [0.5, 0.6) is 0 Å². The van der Waals surface area contributed by atoms with Crippen molar-refractivity contribution in [1.82, 2.24) is 0 Å². The van der Waals surface area contributed by atoms with Crippen molar-refractivity contribution in [1.29, 1.82) is 0 Å². The number of unbranched alkanes of at least 4 members (excludes halogenated alkanes) is 2. The normalized spacial score (nSPS) is 10.3. The highest BCUT2D eigenvalue weighted by molar-refractivity contribution is 5.93. The van der Waals surface area contributed by atoms with Crippen molar-refractivity contribution in [2.45, 2.75) is 45.4 Å². The van der Waals surface area contributed by atoms with Gasteiger partial charge in [-0.2, -0.15) is 0 Å². The molecular weight excluding hydrogens is 312 g/mol. The summed E-state index contributed by atoms with van der Waals surface area (Å²) in [5.41, 5.74) is 2.64. The van der Waals surface area contributed by atoms with E-state index in [2.05, 4.69) is 17.6 Å². The standard InChI is InChI=1S/C21H26N2O2/c1-2-3-5-10-20(24)22-18-12-14-19(15-13-18)23-21(25)16-11-17-8-6-4-7-9-17/h4,6-9,12-15H,2-3,5,10-11,16H2,1H3,(H,22,24)(H,23,25). The molecule has 0 aliphatic rings. The molecule has 2 N–H and O–H groups in total. The van der Waals surface area contributed by atoms with E-state index < -0.39 is 0 Å². The maximum Gasteiger partial charge on any atom is 0.224 e. The van der Waals surface area contributed by atoms with E-state index >= 15 is 0 Å². The predicted molar refractivity (Wildman–Crippen MR) is 103 cm³/mol. The van der Waals surface area contributed by atoms with E-state index in [0.29, 0.717) is 12.8 Å². The van der Waals surface area contributed by atoms with Gasteiger partial charge < -0.3 is 10.6 Å². The molecule has 0 aliphatic heterocycles. The van der Waals surface area contributed by atoms with Gasteiger partial charge in [0.05, 0.1) is 0 Å². The highest BCUT2D eigenvalue weighted by Crippen LogP contribution is 2.15. The number of nitrogens with one attached hydrogen (secondary N) is 2. The summed E-state index contributed by atoms with van der Waals surface area (Å²) in [4.78, 5) is 23.8. The number of amides is 2. The van der Waals surface area contributed by atoms with Crippen molar-refractivity contribution in [2.75, 3.05) is 10.6 Å². The van der Waals surface area contributed by atoms with Gasteiger partial charge >= 0.3 is 0 Å². The summed E-state index contributed by atoms with van der Waals surface area (Å²) < 4.78 is 0. The summed E-state index contributed by atoms with van der Waals surface area (Å²) in [7, 11) is 0. The maximum absolute atomic E-state index is 12.0. The van der Waals surface area contributed by atoms with E-state index in [4.69, 9.17) is 0 Å². The monoisotopic (exact) mass is 338 g/mol. The van der Waals surface area contributed by atoms with Crippen LogP contribution in [0.2, 0.25) is 0 Å². The van der Waals surface area contributed by atoms with E-state index in [1.165, 1.54) is 0 Å². The zero-order valence-electron chi connectivity index (χ0n) is 14.8. The minimum Gasteiger partial charge on any atom is -0.326 e. The van der Waals surface area contributed by atoms with Crippen LogP contribution in [-0.4, -0.2) is 11.8 Å². The molecule has 0 atom stereocenters. The first-order valence-electron chi connectivity index (χ1n) is 8.91. The molecule has 0 spiro atoms. The molecule has 132 valence electrons. The Kier molecular flexibility index (Phi) is 7.70. The SMILES string of the molecule is CCCCCC(=O)Nc1ccc(NC(=O)CCc2ccccc2)cc1. The fraction of sp³-hybridized carbons (Fsp3) is 0.333. The van der Waals surface area contributed by atoms with Crippen LogP contribution < -0.4 is 10.6 Å². The van der Waals surface area contributed by atoms with Gasteiger partial charge in [0, 0.05) is 24.2 Å². The molecule has 2 aromatic carbocycles. The molecule has 0 radical (unpaired) electrons. The first-order chi connectivity index (χ1) is 12.2. The molecule has 0 aromatic heterocycles. The summed E-state index contributed by atoms with van der Waals surface area (Å²) in [5, 5.41) is 5.76. The van der Waals surface area contributed by atoms with E-state index in [1.54, 1.807) is 0 Å². The molecule has 0 bridgehead atoms. The second-order valence-electron chi connectivity index (χ2n) is 6.12. The van der Waals surface area contributed by atoms with Gasteiger partial charge in [0.1, 0.15) is 0 Å². The number of carbonyl (C=O) groups is 2. The molecule has 0 fully saturated rings. The zero-order valence-corrected chi connectivity index (χ0v) is 14.8. The van der Waals surface area contributed by atoms with E-state index in [9.17, 15) is 9.59 Å². The van der Waals surface area contributed by atoms with Crippen LogP contribution in [0.15, 0.2) is 54.6 Å². The van der Waals surface area contributed by atoms with Gasteiger partial charge in [-0.3, -0.25) is 9.59 Å². The predicted octanol–water partition coefficient (Wildman–Crippen LogP) is 4.78. The minimum atomic E-state index is -0.0137. The Hall–Kier alpha value is -2.62. The van der Waals surface area contributed by atoms with Crippen LogP contribution >= 0.6 is 0 Å². The fourth-order valence-corrected chi connectivity index (χ4v) is 2.52. The van der Waals surface area contributed by atoms with Crippen molar-refractivity contribution < 1.29 is 9.59 Å². The highest BCUT2D eigenvalue weighted by atomic mass is 16.2. The fourth-order valence-electron chi connectivity index (χ4n) is 2.52. The van der Waals surface area contributed by atoms with E-state index in [0.717, 1.165) is 42.6 Å². The Bertz CT molecular complexity index is 666. The molecule has 4 heteroatoms. The van der Waals surface area contributed by atoms with Crippen LogP contribution in [0.4, 0.5) is 11.4 Å². The van der Waals surface area contributed by atoms with Crippen LogP contribution in [0.3, 0.4) is 0 Å². The molecule has 25 heavy (non-hydrogen) atoms. The molecule has 0 unspecified atom stereocenters. The average Bonchev–Trinajstić information content (AvgIpc) is 2.63. The topological polar surface area (TPSA) is 58.2 Å². The number of hydrogen-bond acceptors (Lipinski definition) is 2. The molecule has 2 amide bonds. The van der Waals surface area contributed by atoms with Gasteiger partial charge in [0.15, 0.2) is 0 Å². The van der Waals surface area contributed by atoms with Gasteiger partial charge in [-0.1, -0.05) is 50.1 Å². The summed E-state index contributed by atoms with van der Waals surface area (Å²) in [6.45, 7) is 2.12. The van der Waals surface area contributed by atoms with Crippen molar-refractivity contribution in [3.05, 3.63) is 60.2 Å². The second-order valence-corrected chi connectivity index (χ2v) is 6.12. The number of benzene rings is 2. The number of anilines is 2. The Balaban J connectivity index is 1.75. The molecule has 2 rings (SSSR count). The third kappa shape index (κ3) is 7.21. The summed E-state index contributed by atoms with van der Waals surface area (Å²) in [6, 6.07) is 17.2. The lowest BCUT2D eigenvalue weighted by Gasteiger charge is -2.08. The summed E-state index contributed by atoms with van der Waals surface area (Å²) >= 11 is 0. The first-order valence-corrected chi connectivity index (χ1v) is 8.91. The van der Waals surface area contributed by atoms with E-state index in [1.807, 2.05) is 54.6 Å². The lowest BCUT2D eigenvalue weighted by molar-refractivity contribution is -0.117. The van der Waals surface area contributed by atoms with Gasteiger partial charge in [0.25, 0.3) is 0 Å². The molecule has 0 saturated carbocycles. The zero-order chi connectivity index (χ0) is 17.9. The van der Waals surface area contributed by atoms with E-state index in [-0.39, 0.29) is 11.8 Å². The van der Waals surface area contributed by atoms with Crippen molar-refractivity contribution in [3.63, 3.8) is 0 Å². The Morgan fingerprint density at radius 1 is 0.760 bits per heavy atom. The number of rotatable bonds is 9. The molecule has 0 aliphatic carbocycles. The molecular formula is C21H26N2O2. The third-order valence-corrected chi connectivity index (χ3v) is 3.94. The quantitative estimate of drug-likeness (QED) is 0.647. The van der Waals surface area contributed by atoms with Gasteiger partial charge in [0.2, 0.25) is 11.8 Å². The average molecular weight is 338 g/mol. The second kappa shape index (κ2) is 10.3. The summed E-state index contributed by atoms with van der Waals surface area (Å²) in [5.74, 6) is 0.0216.